The summed E-state index contributed by atoms with van der Waals surface area (Å²) >= 11 is 12.2. The molecule has 0 radical (unpaired) electrons. The van der Waals surface area contributed by atoms with Gasteiger partial charge in [0.05, 0.1) is 0 Å². The summed E-state index contributed by atoms with van der Waals surface area (Å²) in [7, 11) is 0. The van der Waals surface area contributed by atoms with Crippen molar-refractivity contribution >= 4 is 23.2 Å². The van der Waals surface area contributed by atoms with Gasteiger partial charge in [0.25, 0.3) is 0 Å². The Labute approximate surface area is 113 Å². The van der Waals surface area contributed by atoms with Gasteiger partial charge in [0.2, 0.25) is 0 Å². The van der Waals surface area contributed by atoms with Crippen molar-refractivity contribution < 1.29 is 0 Å². The normalized spacial score (nSPS) is 18.5. The van der Waals surface area contributed by atoms with Gasteiger partial charge in [0.1, 0.15) is 0 Å². The van der Waals surface area contributed by atoms with E-state index in [0.29, 0.717) is 5.92 Å². The van der Waals surface area contributed by atoms with Crippen molar-refractivity contribution in [2.45, 2.75) is 19.4 Å². The largest absolute Gasteiger partial charge is 0.330 e. The molecule has 0 amide bonds. The average Bonchev–Trinajstić information content (AvgIpc) is 2.35. The maximum atomic E-state index is 6.17. The van der Waals surface area contributed by atoms with E-state index < -0.39 is 0 Å². The highest BCUT2D eigenvalue weighted by Crippen LogP contribution is 2.24. The molecule has 2 rings (SSSR count). The molecule has 17 heavy (non-hydrogen) atoms. The van der Waals surface area contributed by atoms with Crippen LogP contribution in [-0.2, 0) is 6.54 Å². The van der Waals surface area contributed by atoms with Crippen molar-refractivity contribution in [3.05, 3.63) is 33.8 Å². The molecular formula is C13H18Cl2N2. The Hall–Kier alpha value is -0.280. The molecule has 0 aliphatic carbocycles. The van der Waals surface area contributed by atoms with Crippen molar-refractivity contribution in [2.24, 2.45) is 11.7 Å². The van der Waals surface area contributed by atoms with Crippen LogP contribution in [0.2, 0.25) is 10.0 Å². The van der Waals surface area contributed by atoms with Gasteiger partial charge < -0.3 is 5.73 Å². The van der Waals surface area contributed by atoms with Crippen LogP contribution < -0.4 is 5.73 Å². The Balaban J connectivity index is 1.95. The highest BCUT2D eigenvalue weighted by molar-refractivity contribution is 6.33. The molecule has 2 nitrogen and oxygen atoms in total. The van der Waals surface area contributed by atoms with Gasteiger partial charge in [0.15, 0.2) is 0 Å². The molecule has 0 spiro atoms. The standard InChI is InChI=1S/C13H18Cl2N2/c14-12-1-2-13(15)11(7-12)9-17-5-3-10(8-16)4-6-17/h1-2,7,10H,3-6,8-9,16H2. The maximum Gasteiger partial charge on any atom is 0.0452 e. The van der Waals surface area contributed by atoms with E-state index in [0.717, 1.165) is 41.8 Å². The second-order valence-electron chi connectivity index (χ2n) is 4.69. The van der Waals surface area contributed by atoms with E-state index >= 15 is 0 Å². The Kier molecular flexibility index (Phi) is 4.69. The monoisotopic (exact) mass is 272 g/mol. The topological polar surface area (TPSA) is 29.3 Å². The molecule has 94 valence electrons. The fourth-order valence-corrected chi connectivity index (χ4v) is 2.66. The van der Waals surface area contributed by atoms with Crippen molar-refractivity contribution in [3.8, 4) is 0 Å². The van der Waals surface area contributed by atoms with E-state index in [1.165, 1.54) is 12.8 Å². The van der Waals surface area contributed by atoms with E-state index in [1.807, 2.05) is 18.2 Å². The van der Waals surface area contributed by atoms with Crippen LogP contribution in [0.3, 0.4) is 0 Å². The number of piperidine rings is 1. The molecular weight excluding hydrogens is 255 g/mol. The quantitative estimate of drug-likeness (QED) is 0.916. The SMILES string of the molecule is NCC1CCN(Cc2cc(Cl)ccc2Cl)CC1. The number of halogens is 2. The van der Waals surface area contributed by atoms with E-state index in [9.17, 15) is 0 Å². The molecule has 1 aliphatic rings. The van der Waals surface area contributed by atoms with Gasteiger partial charge in [-0.25, -0.2) is 0 Å². The molecule has 1 saturated heterocycles. The van der Waals surface area contributed by atoms with Gasteiger partial charge >= 0.3 is 0 Å². The van der Waals surface area contributed by atoms with Gasteiger partial charge in [-0.2, -0.15) is 0 Å². The summed E-state index contributed by atoms with van der Waals surface area (Å²) in [6.07, 6.45) is 2.38. The summed E-state index contributed by atoms with van der Waals surface area (Å²) in [4.78, 5) is 2.42. The maximum absolute atomic E-state index is 6.17. The molecule has 0 atom stereocenters. The summed E-state index contributed by atoms with van der Waals surface area (Å²) in [5, 5.41) is 1.55. The molecule has 1 aromatic rings. The number of hydrogen-bond donors (Lipinski definition) is 1. The van der Waals surface area contributed by atoms with E-state index in [1.54, 1.807) is 0 Å². The zero-order valence-electron chi connectivity index (χ0n) is 9.83. The van der Waals surface area contributed by atoms with E-state index in [4.69, 9.17) is 28.9 Å². The minimum atomic E-state index is 0.695. The summed E-state index contributed by atoms with van der Waals surface area (Å²) in [5.74, 6) is 0.695. The van der Waals surface area contributed by atoms with Gasteiger partial charge in [-0.3, -0.25) is 4.90 Å². The number of likely N-dealkylation sites (tertiary alicyclic amines) is 1. The summed E-state index contributed by atoms with van der Waals surface area (Å²) in [6, 6.07) is 5.65. The van der Waals surface area contributed by atoms with Gasteiger partial charge in [-0.15, -0.1) is 0 Å². The first-order valence-electron chi connectivity index (χ1n) is 6.05. The molecule has 0 aromatic heterocycles. The van der Waals surface area contributed by atoms with Crippen LogP contribution in [0.4, 0.5) is 0 Å². The van der Waals surface area contributed by atoms with Crippen LogP contribution >= 0.6 is 23.2 Å². The van der Waals surface area contributed by atoms with Gasteiger partial charge in [-0.05, 0) is 62.2 Å². The second kappa shape index (κ2) is 6.05. The van der Waals surface area contributed by atoms with Crippen LogP contribution in [0.1, 0.15) is 18.4 Å². The van der Waals surface area contributed by atoms with Crippen LogP contribution in [0.5, 0.6) is 0 Å². The van der Waals surface area contributed by atoms with E-state index in [-0.39, 0.29) is 0 Å². The van der Waals surface area contributed by atoms with Crippen molar-refractivity contribution in [3.63, 3.8) is 0 Å². The molecule has 1 heterocycles. The summed E-state index contributed by atoms with van der Waals surface area (Å²) in [5.41, 5.74) is 6.80. The molecule has 4 heteroatoms. The highest BCUT2D eigenvalue weighted by Gasteiger charge is 2.18. The fourth-order valence-electron chi connectivity index (χ4n) is 2.29. The number of hydrogen-bond acceptors (Lipinski definition) is 2. The Morgan fingerprint density at radius 1 is 1.24 bits per heavy atom. The summed E-state index contributed by atoms with van der Waals surface area (Å²) in [6.45, 7) is 3.90. The van der Waals surface area contributed by atoms with Crippen LogP contribution in [0.15, 0.2) is 18.2 Å². The third kappa shape index (κ3) is 3.59. The lowest BCUT2D eigenvalue weighted by Crippen LogP contribution is -2.35. The first-order valence-corrected chi connectivity index (χ1v) is 6.81. The molecule has 1 aliphatic heterocycles. The lowest BCUT2D eigenvalue weighted by Gasteiger charge is -2.31. The van der Waals surface area contributed by atoms with Gasteiger partial charge in [-0.1, -0.05) is 23.2 Å². The van der Waals surface area contributed by atoms with Crippen LogP contribution in [0, 0.1) is 5.92 Å². The van der Waals surface area contributed by atoms with Crippen molar-refractivity contribution in [2.75, 3.05) is 19.6 Å². The predicted octanol–water partition coefficient (Wildman–Crippen LogP) is 3.16. The Bertz CT molecular complexity index is 374. The molecule has 0 saturated carbocycles. The molecule has 0 bridgehead atoms. The molecule has 2 N–H and O–H groups in total. The summed E-state index contributed by atoms with van der Waals surface area (Å²) < 4.78 is 0. The lowest BCUT2D eigenvalue weighted by atomic mass is 9.97. The molecule has 1 fully saturated rings. The van der Waals surface area contributed by atoms with Crippen molar-refractivity contribution in [1.82, 2.24) is 4.90 Å². The highest BCUT2D eigenvalue weighted by atomic mass is 35.5. The lowest BCUT2D eigenvalue weighted by molar-refractivity contribution is 0.180. The van der Waals surface area contributed by atoms with Gasteiger partial charge in [0, 0.05) is 16.6 Å². The molecule has 0 unspecified atom stereocenters. The number of nitrogens with two attached hydrogens (primary N) is 1. The average molecular weight is 273 g/mol. The molecule has 1 aromatic carbocycles. The van der Waals surface area contributed by atoms with Crippen LogP contribution in [-0.4, -0.2) is 24.5 Å². The minimum absolute atomic E-state index is 0.695. The zero-order valence-corrected chi connectivity index (χ0v) is 11.3. The van der Waals surface area contributed by atoms with Crippen LogP contribution in [0.25, 0.3) is 0 Å². The third-order valence-electron chi connectivity index (χ3n) is 3.44. The number of nitrogens with zero attached hydrogens (tertiary/aromatic N) is 1. The zero-order chi connectivity index (χ0) is 12.3. The minimum Gasteiger partial charge on any atom is -0.330 e. The first-order chi connectivity index (χ1) is 8.19. The third-order valence-corrected chi connectivity index (χ3v) is 4.05. The van der Waals surface area contributed by atoms with E-state index in [2.05, 4.69) is 4.90 Å². The second-order valence-corrected chi connectivity index (χ2v) is 5.53. The Morgan fingerprint density at radius 3 is 2.59 bits per heavy atom. The van der Waals surface area contributed by atoms with Crippen molar-refractivity contribution in [1.29, 1.82) is 0 Å². The first kappa shape index (κ1) is 13.2. The fraction of sp³-hybridized carbons (Fsp3) is 0.538. The number of benzene rings is 1. The Morgan fingerprint density at radius 2 is 1.94 bits per heavy atom. The smallest absolute Gasteiger partial charge is 0.0452 e. The predicted molar refractivity (Wildman–Crippen MR) is 73.5 cm³/mol. The number of rotatable bonds is 3.